The van der Waals surface area contributed by atoms with E-state index in [0.29, 0.717) is 38.4 Å². The first-order chi connectivity index (χ1) is 19.8. The zero-order valence-electron chi connectivity index (χ0n) is 22.2. The fraction of sp³-hybridized carbons (Fsp3) is 0.0909. The highest BCUT2D eigenvalue weighted by Crippen LogP contribution is 2.41. The Hall–Kier alpha value is -4.88. The predicted octanol–water partition coefficient (Wildman–Crippen LogP) is 7.89. The number of carbonyl (C=O) groups excluding carboxylic acids is 2. The summed E-state index contributed by atoms with van der Waals surface area (Å²) in [5, 5.41) is 7.77. The van der Waals surface area contributed by atoms with Crippen LogP contribution in [-0.4, -0.2) is 23.8 Å². The number of nitrogens with one attached hydrogen (secondary N) is 3. The van der Waals surface area contributed by atoms with Crippen molar-refractivity contribution in [1.82, 2.24) is 15.6 Å². The van der Waals surface area contributed by atoms with Crippen LogP contribution >= 0.6 is 11.6 Å². The molecule has 0 saturated heterocycles. The Balaban J connectivity index is 1.45. The lowest BCUT2D eigenvalue weighted by atomic mass is 9.96. The van der Waals surface area contributed by atoms with Crippen molar-refractivity contribution >= 4 is 45.3 Å². The summed E-state index contributed by atoms with van der Waals surface area (Å²) < 4.78 is 19.9. The van der Waals surface area contributed by atoms with E-state index in [2.05, 4.69) is 15.6 Å². The number of H-pyrrole nitrogens is 1. The second-order valence-corrected chi connectivity index (χ2v) is 10.2. The van der Waals surface area contributed by atoms with Crippen LogP contribution in [0, 0.1) is 5.82 Å². The van der Waals surface area contributed by atoms with Gasteiger partial charge in [-0.25, -0.2) is 4.39 Å². The molecule has 2 amide bonds. The average molecular weight is 566 g/mol. The van der Waals surface area contributed by atoms with Crippen LogP contribution < -0.4 is 10.6 Å². The number of hydrogen-bond acceptors (Lipinski definition) is 3. The number of benzene rings is 4. The third-order valence-electron chi connectivity index (χ3n) is 7.21. The lowest BCUT2D eigenvalue weighted by Gasteiger charge is -2.15. The van der Waals surface area contributed by atoms with Crippen LogP contribution in [0.5, 0.6) is 0 Å². The molecule has 1 atom stereocenters. The number of amides is 2. The second-order valence-electron chi connectivity index (χ2n) is 9.79. The van der Waals surface area contributed by atoms with Gasteiger partial charge in [0.25, 0.3) is 11.8 Å². The van der Waals surface area contributed by atoms with Crippen LogP contribution in [0.2, 0.25) is 5.02 Å². The number of furan rings is 1. The van der Waals surface area contributed by atoms with Crippen molar-refractivity contribution in [1.29, 1.82) is 0 Å². The average Bonchev–Trinajstić information content (AvgIpc) is 3.62. The van der Waals surface area contributed by atoms with Crippen molar-refractivity contribution in [3.8, 4) is 22.5 Å². The Morgan fingerprint density at radius 1 is 0.902 bits per heavy atom. The third kappa shape index (κ3) is 4.85. The molecule has 8 heteroatoms. The minimum Gasteiger partial charge on any atom is -0.454 e. The number of fused-ring (bicyclic) bond motifs is 3. The van der Waals surface area contributed by atoms with E-state index in [1.807, 2.05) is 49.4 Å². The molecule has 6 nitrogen and oxygen atoms in total. The predicted molar refractivity (Wildman–Crippen MR) is 160 cm³/mol. The third-order valence-corrected chi connectivity index (χ3v) is 7.46. The molecule has 41 heavy (non-hydrogen) atoms. The molecule has 0 saturated carbocycles. The van der Waals surface area contributed by atoms with Crippen molar-refractivity contribution in [3.63, 3.8) is 0 Å². The lowest BCUT2D eigenvalue weighted by Crippen LogP contribution is -2.26. The monoisotopic (exact) mass is 565 g/mol. The molecule has 0 bridgehead atoms. The zero-order valence-corrected chi connectivity index (χ0v) is 23.0. The van der Waals surface area contributed by atoms with Gasteiger partial charge in [-0.05, 0) is 78.7 Å². The Bertz CT molecular complexity index is 1920. The Kier molecular flexibility index (Phi) is 6.81. The van der Waals surface area contributed by atoms with E-state index < -0.39 is 0 Å². The molecule has 3 N–H and O–H groups in total. The molecule has 0 aliphatic heterocycles. The summed E-state index contributed by atoms with van der Waals surface area (Å²) in [4.78, 5) is 29.7. The van der Waals surface area contributed by atoms with E-state index in [-0.39, 0.29) is 23.7 Å². The van der Waals surface area contributed by atoms with Crippen LogP contribution in [0.1, 0.15) is 39.2 Å². The van der Waals surface area contributed by atoms with Gasteiger partial charge in [0.05, 0.1) is 17.1 Å². The fourth-order valence-electron chi connectivity index (χ4n) is 5.11. The van der Waals surface area contributed by atoms with Gasteiger partial charge in [-0.2, -0.15) is 0 Å². The van der Waals surface area contributed by atoms with Gasteiger partial charge in [-0.3, -0.25) is 9.59 Å². The number of aromatic amines is 1. The quantitative estimate of drug-likeness (QED) is 0.192. The number of hydrogen-bond donors (Lipinski definition) is 3. The molecule has 0 fully saturated rings. The van der Waals surface area contributed by atoms with E-state index in [0.717, 1.165) is 27.6 Å². The summed E-state index contributed by atoms with van der Waals surface area (Å²) in [7, 11) is 1.55. The van der Waals surface area contributed by atoms with Crippen molar-refractivity contribution < 1.29 is 18.4 Å². The van der Waals surface area contributed by atoms with Gasteiger partial charge in [0.2, 0.25) is 0 Å². The van der Waals surface area contributed by atoms with E-state index >= 15 is 0 Å². The Morgan fingerprint density at radius 3 is 2.39 bits per heavy atom. The molecule has 6 rings (SSSR count). The number of carbonyl (C=O) groups is 2. The van der Waals surface area contributed by atoms with Crippen LogP contribution in [0.25, 0.3) is 44.3 Å². The molecular weight excluding hydrogens is 541 g/mol. The molecule has 2 heterocycles. The smallest absolute Gasteiger partial charge is 0.255 e. The van der Waals surface area contributed by atoms with Crippen LogP contribution in [-0.2, 0) is 0 Å². The van der Waals surface area contributed by atoms with Gasteiger partial charge in [-0.15, -0.1) is 0 Å². The first-order valence-electron chi connectivity index (χ1n) is 13.1. The van der Waals surface area contributed by atoms with Gasteiger partial charge >= 0.3 is 0 Å². The van der Waals surface area contributed by atoms with Gasteiger partial charge in [0, 0.05) is 45.7 Å². The van der Waals surface area contributed by atoms with Gasteiger partial charge in [0.1, 0.15) is 17.2 Å². The largest absolute Gasteiger partial charge is 0.454 e. The SMILES string of the molecule is CNC(=O)c1c(-c2ccc(F)cc2)oc2c1cc(-c1cccc(C(=O)NC(C)c3ccc(Cl)cc3)c1)c1[nH]ccc12. The maximum absolute atomic E-state index is 13.7. The molecule has 2 aromatic heterocycles. The maximum atomic E-state index is 13.7. The molecular formula is C33H25ClFN3O3. The van der Waals surface area contributed by atoms with Crippen molar-refractivity contribution in [2.75, 3.05) is 7.05 Å². The number of aromatic nitrogens is 1. The Labute approximate surface area is 240 Å². The topological polar surface area (TPSA) is 87.1 Å². The highest BCUT2D eigenvalue weighted by Gasteiger charge is 2.25. The first kappa shape index (κ1) is 26.3. The minimum atomic E-state index is -0.381. The summed E-state index contributed by atoms with van der Waals surface area (Å²) in [6.45, 7) is 1.92. The van der Waals surface area contributed by atoms with Crippen molar-refractivity contribution in [2.45, 2.75) is 13.0 Å². The summed E-state index contributed by atoms with van der Waals surface area (Å²) in [6, 6.07) is 24.1. The van der Waals surface area contributed by atoms with Gasteiger partial charge in [-0.1, -0.05) is 35.9 Å². The van der Waals surface area contributed by atoms with E-state index in [1.54, 1.807) is 43.6 Å². The second kappa shape index (κ2) is 10.6. The molecule has 0 aliphatic carbocycles. The maximum Gasteiger partial charge on any atom is 0.255 e. The lowest BCUT2D eigenvalue weighted by molar-refractivity contribution is 0.0937. The molecule has 204 valence electrons. The summed E-state index contributed by atoms with van der Waals surface area (Å²) in [5.74, 6) is -0.573. The zero-order chi connectivity index (χ0) is 28.7. The highest BCUT2D eigenvalue weighted by molar-refractivity contribution is 6.30. The van der Waals surface area contributed by atoms with E-state index in [9.17, 15) is 14.0 Å². The van der Waals surface area contributed by atoms with Crippen LogP contribution in [0.15, 0.2) is 95.5 Å². The van der Waals surface area contributed by atoms with Crippen molar-refractivity contribution in [3.05, 3.63) is 119 Å². The number of halogens is 2. The van der Waals surface area contributed by atoms with Crippen LogP contribution in [0.4, 0.5) is 4.39 Å². The summed E-state index contributed by atoms with van der Waals surface area (Å²) >= 11 is 6.01. The number of rotatable bonds is 6. The fourth-order valence-corrected chi connectivity index (χ4v) is 5.23. The van der Waals surface area contributed by atoms with Gasteiger partial charge < -0.3 is 20.0 Å². The van der Waals surface area contributed by atoms with E-state index in [4.69, 9.17) is 16.0 Å². The highest BCUT2D eigenvalue weighted by atomic mass is 35.5. The summed E-state index contributed by atoms with van der Waals surface area (Å²) in [6.07, 6.45) is 1.80. The van der Waals surface area contributed by atoms with Gasteiger partial charge in [0.15, 0.2) is 0 Å². The molecule has 4 aromatic carbocycles. The molecule has 6 aromatic rings. The normalized spacial score (nSPS) is 12.0. The Morgan fingerprint density at radius 2 is 1.66 bits per heavy atom. The summed E-state index contributed by atoms with van der Waals surface area (Å²) in [5.41, 5.74) is 5.29. The molecule has 0 aliphatic rings. The van der Waals surface area contributed by atoms with Crippen LogP contribution in [0.3, 0.4) is 0 Å². The molecule has 0 radical (unpaired) electrons. The van der Waals surface area contributed by atoms with E-state index in [1.165, 1.54) is 12.1 Å². The standard InChI is InChI=1S/C33H25ClFN3O3/c1-18(19-6-10-23(34)11-7-19)38-32(39)22-5-3-4-21(16-22)26-17-27-28(33(40)36-2)30(20-8-12-24(35)13-9-20)41-31(27)25-14-15-37-29(25)26/h3-18,37H,1-2H3,(H,36,40)(H,38,39). The molecule has 0 spiro atoms. The minimum absolute atomic E-state index is 0.217. The van der Waals surface area contributed by atoms with Crippen molar-refractivity contribution in [2.24, 2.45) is 0 Å². The molecule has 1 unspecified atom stereocenters. The first-order valence-corrected chi connectivity index (χ1v) is 13.4.